The standard InChI is InChI=1S/C13H13ClN2O2S/c1-8-11(12(17)18-2)16-13(19-8)15-7-9-4-3-5-10(14)6-9/h3-6H,7H2,1-2H3,(H,15,16). The maximum Gasteiger partial charge on any atom is 0.357 e. The van der Waals surface area contributed by atoms with Gasteiger partial charge in [-0.2, -0.15) is 0 Å². The van der Waals surface area contributed by atoms with Gasteiger partial charge in [-0.25, -0.2) is 9.78 Å². The number of nitrogens with one attached hydrogen (secondary N) is 1. The highest BCUT2D eigenvalue weighted by Gasteiger charge is 2.15. The van der Waals surface area contributed by atoms with Crippen LogP contribution in [0.25, 0.3) is 0 Å². The lowest BCUT2D eigenvalue weighted by Gasteiger charge is -2.02. The van der Waals surface area contributed by atoms with Crippen molar-refractivity contribution in [3.8, 4) is 0 Å². The lowest BCUT2D eigenvalue weighted by molar-refractivity contribution is 0.0594. The zero-order valence-electron chi connectivity index (χ0n) is 10.6. The predicted octanol–water partition coefficient (Wildman–Crippen LogP) is 3.50. The molecule has 1 heterocycles. The van der Waals surface area contributed by atoms with E-state index in [-0.39, 0.29) is 0 Å². The van der Waals surface area contributed by atoms with Gasteiger partial charge >= 0.3 is 5.97 Å². The molecule has 19 heavy (non-hydrogen) atoms. The Morgan fingerprint density at radius 3 is 3.00 bits per heavy atom. The number of carbonyl (C=O) groups excluding carboxylic acids is 1. The molecule has 0 aliphatic carbocycles. The summed E-state index contributed by atoms with van der Waals surface area (Å²) in [6, 6.07) is 7.58. The van der Waals surface area contributed by atoms with Gasteiger partial charge in [-0.3, -0.25) is 0 Å². The topological polar surface area (TPSA) is 51.2 Å². The van der Waals surface area contributed by atoms with Crippen molar-refractivity contribution in [1.82, 2.24) is 4.98 Å². The highest BCUT2D eigenvalue weighted by molar-refractivity contribution is 7.15. The van der Waals surface area contributed by atoms with Crippen LogP contribution in [0.2, 0.25) is 5.02 Å². The molecule has 2 rings (SSSR count). The maximum absolute atomic E-state index is 11.4. The molecule has 6 heteroatoms. The molecule has 0 amide bonds. The third-order valence-corrected chi connectivity index (χ3v) is 3.67. The molecule has 100 valence electrons. The van der Waals surface area contributed by atoms with Crippen LogP contribution in [-0.2, 0) is 11.3 Å². The van der Waals surface area contributed by atoms with E-state index < -0.39 is 5.97 Å². The third kappa shape index (κ3) is 3.45. The monoisotopic (exact) mass is 296 g/mol. The zero-order chi connectivity index (χ0) is 13.8. The Morgan fingerprint density at radius 2 is 2.32 bits per heavy atom. The molecule has 0 saturated heterocycles. The van der Waals surface area contributed by atoms with Crippen molar-refractivity contribution in [2.24, 2.45) is 0 Å². The number of carbonyl (C=O) groups is 1. The summed E-state index contributed by atoms with van der Waals surface area (Å²) >= 11 is 7.34. The first-order valence-corrected chi connectivity index (χ1v) is 6.83. The number of aromatic nitrogens is 1. The average Bonchev–Trinajstić information content (AvgIpc) is 2.77. The Bertz CT molecular complexity index is 598. The molecule has 1 aromatic heterocycles. The first-order valence-electron chi connectivity index (χ1n) is 5.64. The highest BCUT2D eigenvalue weighted by atomic mass is 35.5. The van der Waals surface area contributed by atoms with Crippen LogP contribution in [0, 0.1) is 6.92 Å². The molecule has 0 atom stereocenters. The van der Waals surface area contributed by atoms with E-state index in [0.717, 1.165) is 10.4 Å². The van der Waals surface area contributed by atoms with Crippen molar-refractivity contribution < 1.29 is 9.53 Å². The van der Waals surface area contributed by atoms with Crippen LogP contribution in [-0.4, -0.2) is 18.1 Å². The molecule has 0 unspecified atom stereocenters. The number of hydrogen-bond donors (Lipinski definition) is 1. The number of thiazole rings is 1. The van der Waals surface area contributed by atoms with Crippen molar-refractivity contribution in [3.63, 3.8) is 0 Å². The Labute approximate surface area is 120 Å². The van der Waals surface area contributed by atoms with Crippen LogP contribution in [0.4, 0.5) is 5.13 Å². The second kappa shape index (κ2) is 6.04. The van der Waals surface area contributed by atoms with E-state index in [9.17, 15) is 4.79 Å². The number of nitrogens with zero attached hydrogens (tertiary/aromatic N) is 1. The number of esters is 1. The first-order chi connectivity index (χ1) is 9.10. The second-order valence-corrected chi connectivity index (χ2v) is 5.54. The molecule has 0 aliphatic heterocycles. The summed E-state index contributed by atoms with van der Waals surface area (Å²) in [4.78, 5) is 16.5. The lowest BCUT2D eigenvalue weighted by atomic mass is 10.2. The average molecular weight is 297 g/mol. The number of benzene rings is 1. The van der Waals surface area contributed by atoms with Crippen molar-refractivity contribution in [1.29, 1.82) is 0 Å². The summed E-state index contributed by atoms with van der Waals surface area (Å²) in [5.41, 5.74) is 1.42. The van der Waals surface area contributed by atoms with E-state index >= 15 is 0 Å². The van der Waals surface area contributed by atoms with Crippen molar-refractivity contribution in [3.05, 3.63) is 45.4 Å². The molecule has 1 aromatic carbocycles. The molecule has 0 saturated carbocycles. The highest BCUT2D eigenvalue weighted by Crippen LogP contribution is 2.23. The van der Waals surface area contributed by atoms with Gasteiger partial charge in [0.05, 0.1) is 7.11 Å². The summed E-state index contributed by atoms with van der Waals surface area (Å²) < 4.78 is 4.67. The third-order valence-electron chi connectivity index (χ3n) is 2.51. The van der Waals surface area contributed by atoms with Crippen LogP contribution in [0.5, 0.6) is 0 Å². The number of methoxy groups -OCH3 is 1. The van der Waals surface area contributed by atoms with Gasteiger partial charge in [0.1, 0.15) is 0 Å². The van der Waals surface area contributed by atoms with Crippen LogP contribution in [0.15, 0.2) is 24.3 Å². The van der Waals surface area contributed by atoms with Crippen molar-refractivity contribution in [2.75, 3.05) is 12.4 Å². The SMILES string of the molecule is COC(=O)c1nc(NCc2cccc(Cl)c2)sc1C. The minimum absolute atomic E-state index is 0.362. The Morgan fingerprint density at radius 1 is 1.53 bits per heavy atom. The molecule has 2 aromatic rings. The van der Waals surface area contributed by atoms with E-state index in [1.54, 1.807) is 0 Å². The van der Waals surface area contributed by atoms with Crippen LogP contribution in [0.3, 0.4) is 0 Å². The first kappa shape index (κ1) is 13.8. The van der Waals surface area contributed by atoms with Gasteiger partial charge in [-0.05, 0) is 24.6 Å². The molecule has 1 N–H and O–H groups in total. The fourth-order valence-corrected chi connectivity index (χ4v) is 2.59. The van der Waals surface area contributed by atoms with Crippen LogP contribution in [0.1, 0.15) is 20.9 Å². The van der Waals surface area contributed by atoms with Gasteiger partial charge in [0.2, 0.25) is 0 Å². The molecule has 4 nitrogen and oxygen atoms in total. The van der Waals surface area contributed by atoms with Gasteiger partial charge < -0.3 is 10.1 Å². The molecule has 0 spiro atoms. The summed E-state index contributed by atoms with van der Waals surface area (Å²) in [7, 11) is 1.35. The Hall–Kier alpha value is -1.59. The molecular formula is C13H13ClN2O2S. The molecule has 0 bridgehead atoms. The number of rotatable bonds is 4. The number of halogens is 1. The second-order valence-electron chi connectivity index (χ2n) is 3.90. The quantitative estimate of drug-likeness (QED) is 0.877. The van der Waals surface area contributed by atoms with Gasteiger partial charge in [0, 0.05) is 16.4 Å². The van der Waals surface area contributed by atoms with E-state index in [1.807, 2.05) is 31.2 Å². The number of aryl methyl sites for hydroxylation is 1. The summed E-state index contributed by atoms with van der Waals surface area (Å²) in [6.07, 6.45) is 0. The minimum Gasteiger partial charge on any atom is -0.464 e. The van der Waals surface area contributed by atoms with E-state index in [1.165, 1.54) is 18.4 Å². The number of anilines is 1. The largest absolute Gasteiger partial charge is 0.464 e. The Kier molecular flexibility index (Phi) is 4.39. The fraction of sp³-hybridized carbons (Fsp3) is 0.231. The predicted molar refractivity (Wildman–Crippen MR) is 77.0 cm³/mol. The van der Waals surface area contributed by atoms with E-state index in [0.29, 0.717) is 22.4 Å². The van der Waals surface area contributed by atoms with Crippen molar-refractivity contribution >= 4 is 34.0 Å². The molecule has 0 aliphatic rings. The Balaban J connectivity index is 2.06. The molecule has 0 fully saturated rings. The molecule has 0 radical (unpaired) electrons. The van der Waals surface area contributed by atoms with Crippen LogP contribution >= 0.6 is 22.9 Å². The van der Waals surface area contributed by atoms with Gasteiger partial charge in [-0.1, -0.05) is 23.7 Å². The summed E-state index contributed by atoms with van der Waals surface area (Å²) in [5, 5.41) is 4.56. The molecular weight excluding hydrogens is 284 g/mol. The van der Waals surface area contributed by atoms with Gasteiger partial charge in [0.15, 0.2) is 10.8 Å². The van der Waals surface area contributed by atoms with Crippen LogP contribution < -0.4 is 5.32 Å². The smallest absolute Gasteiger partial charge is 0.357 e. The van der Waals surface area contributed by atoms with E-state index in [4.69, 9.17) is 11.6 Å². The van der Waals surface area contributed by atoms with Crippen molar-refractivity contribution in [2.45, 2.75) is 13.5 Å². The number of ether oxygens (including phenoxy) is 1. The zero-order valence-corrected chi connectivity index (χ0v) is 12.1. The van der Waals surface area contributed by atoms with E-state index in [2.05, 4.69) is 15.0 Å². The van der Waals surface area contributed by atoms with Gasteiger partial charge in [-0.15, -0.1) is 11.3 Å². The summed E-state index contributed by atoms with van der Waals surface area (Å²) in [5.74, 6) is -0.412. The maximum atomic E-state index is 11.4. The minimum atomic E-state index is -0.412. The summed E-state index contributed by atoms with van der Waals surface area (Å²) in [6.45, 7) is 2.45. The fourth-order valence-electron chi connectivity index (χ4n) is 1.58. The van der Waals surface area contributed by atoms with Gasteiger partial charge in [0.25, 0.3) is 0 Å². The number of hydrogen-bond acceptors (Lipinski definition) is 5. The normalized spacial score (nSPS) is 10.3. The lowest BCUT2D eigenvalue weighted by Crippen LogP contribution is -2.04.